The van der Waals surface area contributed by atoms with E-state index in [1.807, 2.05) is 61.7 Å². The average molecular weight is 319 g/mol. The summed E-state index contributed by atoms with van der Waals surface area (Å²) in [5, 5.41) is 7.32. The van der Waals surface area contributed by atoms with E-state index in [0.717, 1.165) is 34.4 Å². The van der Waals surface area contributed by atoms with E-state index < -0.39 is 0 Å². The van der Waals surface area contributed by atoms with E-state index in [9.17, 15) is 4.79 Å². The standard InChI is InChI=1S/C20H21N3O/c1-3-16-11-7-8-15(2)20(16)22-19(24)14-23-13-18(12-21-23)17-9-5-4-6-10-17/h4-13H,3,14H2,1-2H3,(H,22,24). The number of hydrogen-bond donors (Lipinski definition) is 1. The Balaban J connectivity index is 1.71. The van der Waals surface area contributed by atoms with Gasteiger partial charge < -0.3 is 5.32 Å². The molecule has 0 unspecified atom stereocenters. The number of nitrogens with one attached hydrogen (secondary N) is 1. The van der Waals surface area contributed by atoms with Crippen molar-refractivity contribution in [2.75, 3.05) is 5.32 Å². The number of amides is 1. The van der Waals surface area contributed by atoms with Gasteiger partial charge >= 0.3 is 0 Å². The largest absolute Gasteiger partial charge is 0.324 e. The second-order valence-electron chi connectivity index (χ2n) is 5.80. The maximum absolute atomic E-state index is 12.4. The number of aromatic nitrogens is 2. The predicted molar refractivity (Wildman–Crippen MR) is 96.8 cm³/mol. The normalized spacial score (nSPS) is 10.6. The highest BCUT2D eigenvalue weighted by atomic mass is 16.2. The highest BCUT2D eigenvalue weighted by molar-refractivity contribution is 5.92. The summed E-state index contributed by atoms with van der Waals surface area (Å²) in [6.45, 7) is 4.30. The van der Waals surface area contributed by atoms with Gasteiger partial charge in [0.1, 0.15) is 6.54 Å². The SMILES string of the molecule is CCc1cccc(C)c1NC(=O)Cn1cc(-c2ccccc2)cn1. The Morgan fingerprint density at radius 2 is 1.88 bits per heavy atom. The molecule has 0 bridgehead atoms. The molecule has 0 aliphatic heterocycles. The lowest BCUT2D eigenvalue weighted by Crippen LogP contribution is -2.20. The number of para-hydroxylation sites is 1. The van der Waals surface area contributed by atoms with Crippen LogP contribution in [0.3, 0.4) is 0 Å². The molecule has 0 aliphatic rings. The van der Waals surface area contributed by atoms with Gasteiger partial charge in [-0.25, -0.2) is 0 Å². The number of anilines is 1. The van der Waals surface area contributed by atoms with Crippen LogP contribution in [0.1, 0.15) is 18.1 Å². The number of carbonyl (C=O) groups is 1. The Hall–Kier alpha value is -2.88. The van der Waals surface area contributed by atoms with Crippen molar-refractivity contribution < 1.29 is 4.79 Å². The molecule has 0 spiro atoms. The van der Waals surface area contributed by atoms with Crippen LogP contribution in [0.2, 0.25) is 0 Å². The van der Waals surface area contributed by atoms with E-state index in [4.69, 9.17) is 0 Å². The van der Waals surface area contributed by atoms with E-state index in [-0.39, 0.29) is 12.5 Å². The molecule has 3 rings (SSSR count). The molecule has 0 radical (unpaired) electrons. The second-order valence-corrected chi connectivity index (χ2v) is 5.80. The van der Waals surface area contributed by atoms with Gasteiger partial charge in [0, 0.05) is 17.4 Å². The van der Waals surface area contributed by atoms with Crippen LogP contribution in [0.25, 0.3) is 11.1 Å². The van der Waals surface area contributed by atoms with Gasteiger partial charge in [-0.3, -0.25) is 9.48 Å². The van der Waals surface area contributed by atoms with Crippen LogP contribution in [0.15, 0.2) is 60.9 Å². The van der Waals surface area contributed by atoms with Gasteiger partial charge in [-0.05, 0) is 30.0 Å². The Morgan fingerprint density at radius 3 is 2.62 bits per heavy atom. The quantitative estimate of drug-likeness (QED) is 0.771. The van der Waals surface area contributed by atoms with Crippen LogP contribution in [-0.2, 0) is 17.8 Å². The molecule has 122 valence electrons. The lowest BCUT2D eigenvalue weighted by atomic mass is 10.1. The van der Waals surface area contributed by atoms with Crippen molar-refractivity contribution in [3.8, 4) is 11.1 Å². The molecule has 1 heterocycles. The summed E-state index contributed by atoms with van der Waals surface area (Å²) in [6.07, 6.45) is 4.57. The molecule has 4 nitrogen and oxygen atoms in total. The van der Waals surface area contributed by atoms with Crippen LogP contribution in [-0.4, -0.2) is 15.7 Å². The summed E-state index contributed by atoms with van der Waals surface area (Å²) < 4.78 is 1.67. The zero-order chi connectivity index (χ0) is 16.9. The predicted octanol–water partition coefficient (Wildman–Crippen LogP) is 4.06. The lowest BCUT2D eigenvalue weighted by molar-refractivity contribution is -0.116. The minimum Gasteiger partial charge on any atom is -0.324 e. The van der Waals surface area contributed by atoms with Crippen molar-refractivity contribution in [3.63, 3.8) is 0 Å². The highest BCUT2D eigenvalue weighted by Gasteiger charge is 2.10. The fourth-order valence-electron chi connectivity index (χ4n) is 2.76. The van der Waals surface area contributed by atoms with E-state index in [0.29, 0.717) is 0 Å². The molecule has 4 heteroatoms. The third-order valence-electron chi connectivity index (χ3n) is 4.05. The van der Waals surface area contributed by atoms with Crippen LogP contribution >= 0.6 is 0 Å². The smallest absolute Gasteiger partial charge is 0.246 e. The molecule has 0 saturated carbocycles. The molecule has 3 aromatic rings. The lowest BCUT2D eigenvalue weighted by Gasteiger charge is -2.12. The Labute approximate surface area is 142 Å². The first-order valence-corrected chi connectivity index (χ1v) is 8.13. The van der Waals surface area contributed by atoms with E-state index in [2.05, 4.69) is 17.3 Å². The minimum atomic E-state index is -0.0679. The first-order valence-electron chi connectivity index (χ1n) is 8.13. The molecular weight excluding hydrogens is 298 g/mol. The van der Waals surface area contributed by atoms with Crippen molar-refractivity contribution in [2.24, 2.45) is 0 Å². The maximum atomic E-state index is 12.4. The minimum absolute atomic E-state index is 0.0679. The van der Waals surface area contributed by atoms with E-state index in [1.54, 1.807) is 10.9 Å². The Kier molecular flexibility index (Phi) is 4.75. The van der Waals surface area contributed by atoms with E-state index >= 15 is 0 Å². The number of carbonyl (C=O) groups excluding carboxylic acids is 1. The monoisotopic (exact) mass is 319 g/mol. The summed E-state index contributed by atoms with van der Waals surface area (Å²) in [4.78, 5) is 12.4. The van der Waals surface area contributed by atoms with Crippen LogP contribution in [0.5, 0.6) is 0 Å². The summed E-state index contributed by atoms with van der Waals surface area (Å²) in [5.41, 5.74) is 5.24. The molecule has 0 saturated heterocycles. The molecule has 1 N–H and O–H groups in total. The Morgan fingerprint density at radius 1 is 1.08 bits per heavy atom. The molecule has 1 amide bonds. The number of nitrogens with zero attached hydrogens (tertiary/aromatic N) is 2. The van der Waals surface area contributed by atoms with Gasteiger partial charge in [0.15, 0.2) is 0 Å². The zero-order valence-corrected chi connectivity index (χ0v) is 14.0. The fraction of sp³-hybridized carbons (Fsp3) is 0.200. The van der Waals surface area contributed by atoms with Gasteiger partial charge in [-0.1, -0.05) is 55.5 Å². The molecule has 2 aromatic carbocycles. The molecule has 0 fully saturated rings. The summed E-state index contributed by atoms with van der Waals surface area (Å²) in [7, 11) is 0. The molecule has 1 aromatic heterocycles. The van der Waals surface area contributed by atoms with Crippen LogP contribution in [0, 0.1) is 6.92 Å². The topological polar surface area (TPSA) is 46.9 Å². The maximum Gasteiger partial charge on any atom is 0.246 e. The summed E-state index contributed by atoms with van der Waals surface area (Å²) >= 11 is 0. The molecule has 24 heavy (non-hydrogen) atoms. The molecule has 0 aliphatic carbocycles. The van der Waals surface area contributed by atoms with Crippen molar-refractivity contribution in [2.45, 2.75) is 26.8 Å². The van der Waals surface area contributed by atoms with E-state index in [1.165, 1.54) is 0 Å². The van der Waals surface area contributed by atoms with Crippen molar-refractivity contribution in [1.29, 1.82) is 0 Å². The van der Waals surface area contributed by atoms with Gasteiger partial charge in [0.05, 0.1) is 6.20 Å². The summed E-state index contributed by atoms with van der Waals surface area (Å²) in [5.74, 6) is -0.0679. The summed E-state index contributed by atoms with van der Waals surface area (Å²) in [6, 6.07) is 16.1. The second kappa shape index (κ2) is 7.13. The highest BCUT2D eigenvalue weighted by Crippen LogP contribution is 2.21. The van der Waals surface area contributed by atoms with Gasteiger partial charge in [-0.15, -0.1) is 0 Å². The average Bonchev–Trinajstić information content (AvgIpc) is 3.06. The first kappa shape index (κ1) is 16.0. The zero-order valence-electron chi connectivity index (χ0n) is 14.0. The van der Waals surface area contributed by atoms with Crippen LogP contribution < -0.4 is 5.32 Å². The van der Waals surface area contributed by atoms with Crippen molar-refractivity contribution >= 4 is 11.6 Å². The number of hydrogen-bond acceptors (Lipinski definition) is 2. The Bertz CT molecular complexity index is 837. The van der Waals surface area contributed by atoms with Crippen LogP contribution in [0.4, 0.5) is 5.69 Å². The fourth-order valence-corrected chi connectivity index (χ4v) is 2.76. The number of benzene rings is 2. The van der Waals surface area contributed by atoms with Gasteiger partial charge in [0.25, 0.3) is 0 Å². The third-order valence-corrected chi connectivity index (χ3v) is 4.05. The first-order chi connectivity index (χ1) is 11.7. The number of aryl methyl sites for hydroxylation is 2. The van der Waals surface area contributed by atoms with Crippen molar-refractivity contribution in [3.05, 3.63) is 72.1 Å². The third kappa shape index (κ3) is 3.54. The van der Waals surface area contributed by atoms with Gasteiger partial charge in [0.2, 0.25) is 5.91 Å². The van der Waals surface area contributed by atoms with Crippen molar-refractivity contribution in [1.82, 2.24) is 9.78 Å². The number of rotatable bonds is 5. The molecule has 0 atom stereocenters. The van der Waals surface area contributed by atoms with Gasteiger partial charge in [-0.2, -0.15) is 5.10 Å². The molecular formula is C20H21N3O.